The number of H-pyrrole nitrogens is 1. The Balaban J connectivity index is 2.20. The zero-order valence-electron chi connectivity index (χ0n) is 14.5. The van der Waals surface area contributed by atoms with E-state index in [4.69, 9.17) is 0 Å². The van der Waals surface area contributed by atoms with Crippen LogP contribution >= 0.6 is 0 Å². The van der Waals surface area contributed by atoms with Crippen molar-refractivity contribution in [3.05, 3.63) is 58.9 Å². The Morgan fingerprint density at radius 3 is 2.46 bits per heavy atom. The van der Waals surface area contributed by atoms with Crippen molar-refractivity contribution in [2.45, 2.75) is 33.6 Å². The van der Waals surface area contributed by atoms with Crippen molar-refractivity contribution in [3.63, 3.8) is 0 Å². The van der Waals surface area contributed by atoms with Crippen LogP contribution in [0.15, 0.2) is 36.4 Å². The Bertz CT molecular complexity index is 827. The van der Waals surface area contributed by atoms with Crippen molar-refractivity contribution in [3.8, 4) is 12.0 Å². The summed E-state index contributed by atoms with van der Waals surface area (Å²) in [6, 6.07) is 14.3. The average molecular weight is 344 g/mol. The van der Waals surface area contributed by atoms with E-state index in [-0.39, 0.29) is 5.75 Å². The molecule has 0 bridgehead atoms. The molecule has 0 aliphatic carbocycles. The molecule has 0 unspecified atom stereocenters. The van der Waals surface area contributed by atoms with Gasteiger partial charge in [0.05, 0.1) is 5.75 Å². The molecule has 0 amide bonds. The third-order valence-corrected chi connectivity index (χ3v) is 5.59. The summed E-state index contributed by atoms with van der Waals surface area (Å²) in [4.78, 5) is 3.29. The fourth-order valence-corrected chi connectivity index (χ4v) is 3.83. The highest BCUT2D eigenvalue weighted by Crippen LogP contribution is 2.12. The molecule has 1 heterocycles. The van der Waals surface area contributed by atoms with Gasteiger partial charge in [0.1, 0.15) is 0 Å². The lowest BCUT2D eigenvalue weighted by Gasteiger charge is -2.17. The van der Waals surface area contributed by atoms with Crippen molar-refractivity contribution in [1.82, 2.24) is 9.29 Å². The summed E-state index contributed by atoms with van der Waals surface area (Å²) < 4.78 is 26.2. The van der Waals surface area contributed by atoms with Crippen molar-refractivity contribution >= 4 is 10.0 Å². The van der Waals surface area contributed by atoms with Crippen LogP contribution in [0.3, 0.4) is 0 Å². The Morgan fingerprint density at radius 2 is 1.88 bits per heavy atom. The van der Waals surface area contributed by atoms with E-state index < -0.39 is 10.0 Å². The van der Waals surface area contributed by atoms with Gasteiger partial charge in [-0.1, -0.05) is 25.1 Å². The molecular weight excluding hydrogens is 320 g/mol. The van der Waals surface area contributed by atoms with Crippen LogP contribution in [-0.2, 0) is 16.4 Å². The number of sulfonamides is 1. The molecule has 128 valence electrons. The summed E-state index contributed by atoms with van der Waals surface area (Å²) in [6.07, 6.45) is 1.19. The fourth-order valence-electron chi connectivity index (χ4n) is 2.54. The summed E-state index contributed by atoms with van der Waals surface area (Å²) in [5.74, 6) is 3.06. The van der Waals surface area contributed by atoms with Crippen LogP contribution in [0.4, 0.5) is 0 Å². The van der Waals surface area contributed by atoms with Gasteiger partial charge in [0.15, 0.2) is 0 Å². The zero-order valence-corrected chi connectivity index (χ0v) is 15.3. The van der Waals surface area contributed by atoms with Crippen LogP contribution in [0.1, 0.15) is 35.9 Å². The van der Waals surface area contributed by atoms with Crippen molar-refractivity contribution < 1.29 is 8.42 Å². The molecule has 0 aliphatic heterocycles. The number of aryl methyl sites for hydroxylation is 2. The highest BCUT2D eigenvalue weighted by Gasteiger charge is 2.18. The topological polar surface area (TPSA) is 53.2 Å². The fraction of sp³-hybridized carbons (Fsp3) is 0.368. The maximum atomic E-state index is 12.5. The van der Waals surface area contributed by atoms with Gasteiger partial charge in [0, 0.05) is 36.0 Å². The highest BCUT2D eigenvalue weighted by molar-refractivity contribution is 7.89. The number of hydrogen-bond acceptors (Lipinski definition) is 2. The summed E-state index contributed by atoms with van der Waals surface area (Å²) in [7, 11) is -3.37. The number of rotatable bonds is 6. The molecule has 0 aliphatic rings. The van der Waals surface area contributed by atoms with E-state index in [2.05, 4.69) is 23.0 Å². The molecule has 0 saturated heterocycles. The average Bonchev–Trinajstić information content (AvgIpc) is 2.85. The van der Waals surface area contributed by atoms with Crippen LogP contribution in [0.5, 0.6) is 0 Å². The number of aromatic amines is 1. The number of aromatic nitrogens is 1. The van der Waals surface area contributed by atoms with Crippen molar-refractivity contribution in [1.29, 1.82) is 0 Å². The number of hydrogen-bond donors (Lipinski definition) is 1. The van der Waals surface area contributed by atoms with Gasteiger partial charge in [0.2, 0.25) is 10.0 Å². The monoisotopic (exact) mass is 344 g/mol. The predicted molar refractivity (Wildman–Crippen MR) is 98.1 cm³/mol. The van der Waals surface area contributed by atoms with E-state index in [0.29, 0.717) is 19.4 Å². The molecule has 0 radical (unpaired) electrons. The molecule has 1 aromatic carbocycles. The minimum absolute atomic E-state index is 0.110. The predicted octanol–water partition coefficient (Wildman–Crippen LogP) is 3.23. The second kappa shape index (κ2) is 8.07. The number of nitrogens with one attached hydrogen (secondary N) is 1. The number of benzene rings is 1. The van der Waals surface area contributed by atoms with E-state index in [1.807, 2.05) is 51.1 Å². The van der Waals surface area contributed by atoms with Crippen LogP contribution in [0.25, 0.3) is 0 Å². The summed E-state index contributed by atoms with van der Waals surface area (Å²) >= 11 is 0. The normalized spacial score (nSPS) is 11.0. The Kier molecular flexibility index (Phi) is 6.10. The summed E-state index contributed by atoms with van der Waals surface area (Å²) in [5.41, 5.74) is 4.10. The zero-order chi connectivity index (χ0) is 17.6. The van der Waals surface area contributed by atoms with Crippen molar-refractivity contribution in [2.24, 2.45) is 0 Å². The van der Waals surface area contributed by atoms with Crippen LogP contribution < -0.4 is 0 Å². The molecule has 0 fully saturated rings. The van der Waals surface area contributed by atoms with Gasteiger partial charge in [-0.2, -0.15) is 0 Å². The lowest BCUT2D eigenvalue weighted by molar-refractivity contribution is 0.509. The van der Waals surface area contributed by atoms with Crippen LogP contribution in [0.2, 0.25) is 0 Å². The molecule has 0 atom stereocenters. The van der Waals surface area contributed by atoms with E-state index in [0.717, 1.165) is 22.5 Å². The van der Waals surface area contributed by atoms with Crippen molar-refractivity contribution in [2.75, 3.05) is 12.3 Å². The highest BCUT2D eigenvalue weighted by atomic mass is 32.2. The quantitative estimate of drug-likeness (QED) is 0.646. The first-order valence-corrected chi connectivity index (χ1v) is 9.75. The first-order chi connectivity index (χ1) is 11.4. The second-order valence-corrected chi connectivity index (χ2v) is 7.87. The first-order valence-electron chi connectivity index (χ1n) is 8.14. The molecular formula is C19H24N2O2S. The third kappa shape index (κ3) is 4.90. The largest absolute Gasteiger partial charge is 0.362 e. The lowest BCUT2D eigenvalue weighted by Crippen LogP contribution is -2.30. The standard InChI is InChI=1S/C19H24N2O2S/c1-4-14-24(22,23)21(12-10-18-8-6-5-7-9-18)13-11-19-16(2)15-17(3)20-19/h5-9,15,20H,4,11,13-14H2,1-3H3. The Morgan fingerprint density at radius 1 is 1.17 bits per heavy atom. The third-order valence-electron chi connectivity index (χ3n) is 3.72. The van der Waals surface area contributed by atoms with Gasteiger partial charge in [-0.3, -0.25) is 0 Å². The smallest absolute Gasteiger partial charge is 0.241 e. The van der Waals surface area contributed by atoms with E-state index in [1.165, 1.54) is 4.31 Å². The van der Waals surface area contributed by atoms with Gasteiger partial charge < -0.3 is 4.98 Å². The van der Waals surface area contributed by atoms with Crippen LogP contribution in [0, 0.1) is 25.8 Å². The molecule has 2 aromatic rings. The molecule has 0 spiro atoms. The molecule has 1 N–H and O–H groups in total. The maximum absolute atomic E-state index is 12.5. The number of nitrogens with zero attached hydrogens (tertiary/aromatic N) is 1. The molecule has 2 rings (SSSR count). The SMILES string of the molecule is CCCS(=O)(=O)N(C#Cc1ccccc1)CCc1[nH]c(C)cc1C. The van der Waals surface area contributed by atoms with E-state index in [1.54, 1.807) is 0 Å². The van der Waals surface area contributed by atoms with E-state index in [9.17, 15) is 8.42 Å². The maximum Gasteiger partial charge on any atom is 0.241 e. The van der Waals surface area contributed by atoms with Gasteiger partial charge in [-0.15, -0.1) is 0 Å². The van der Waals surface area contributed by atoms with Gasteiger partial charge in [0.25, 0.3) is 0 Å². The summed E-state index contributed by atoms with van der Waals surface area (Å²) in [6.45, 7) is 6.23. The van der Waals surface area contributed by atoms with Gasteiger partial charge >= 0.3 is 0 Å². The van der Waals surface area contributed by atoms with Gasteiger partial charge in [-0.25, -0.2) is 12.7 Å². The summed E-state index contributed by atoms with van der Waals surface area (Å²) in [5, 5.41) is 0. The Hall–Kier alpha value is -2.19. The van der Waals surface area contributed by atoms with E-state index >= 15 is 0 Å². The molecule has 4 nitrogen and oxygen atoms in total. The van der Waals surface area contributed by atoms with Crippen LogP contribution in [-0.4, -0.2) is 30.0 Å². The first kappa shape index (κ1) is 18.2. The lowest BCUT2D eigenvalue weighted by atomic mass is 10.2. The second-order valence-electron chi connectivity index (χ2n) is 5.85. The minimum atomic E-state index is -3.37. The Labute approximate surface area is 145 Å². The molecule has 24 heavy (non-hydrogen) atoms. The van der Waals surface area contributed by atoms with Gasteiger partial charge in [-0.05, 0) is 50.0 Å². The molecule has 0 saturated carbocycles. The molecule has 1 aromatic heterocycles. The molecule has 5 heteroatoms. The minimum Gasteiger partial charge on any atom is -0.362 e.